The predicted molar refractivity (Wildman–Crippen MR) is 66.6 cm³/mol. The van der Waals surface area contributed by atoms with E-state index in [4.69, 9.17) is 0 Å². The van der Waals surface area contributed by atoms with Crippen molar-refractivity contribution in [3.05, 3.63) is 52.5 Å². The average molecular weight is 277 g/mol. The molecular weight excluding hydrogens is 268 g/mol. The first kappa shape index (κ1) is 10.9. The molecule has 0 saturated heterocycles. The summed E-state index contributed by atoms with van der Waals surface area (Å²) in [7, 11) is 0. The first-order valence-electron chi connectivity index (χ1n) is 4.75. The fraction of sp³-hybridized carbons (Fsp3) is 0. The molecule has 0 atom stereocenters. The Balaban J connectivity index is 2.57. The Morgan fingerprint density at radius 2 is 1.88 bits per heavy atom. The predicted octanol–water partition coefficient (Wildman–Crippen LogP) is 3.63. The monoisotopic (exact) mass is 276 g/mol. The molecule has 0 spiro atoms. The van der Waals surface area contributed by atoms with Gasteiger partial charge in [-0.2, -0.15) is 0 Å². The number of halogens is 1. The van der Waals surface area contributed by atoms with Gasteiger partial charge in [0.2, 0.25) is 0 Å². The van der Waals surface area contributed by atoms with Crippen molar-refractivity contribution in [1.82, 2.24) is 0 Å². The number of phenols is 1. The summed E-state index contributed by atoms with van der Waals surface area (Å²) in [6, 6.07) is 12.7. The fourth-order valence-corrected chi connectivity index (χ4v) is 2.03. The minimum atomic E-state index is 0.00537. The molecule has 3 heteroatoms. The van der Waals surface area contributed by atoms with Gasteiger partial charge in [0.05, 0.1) is 5.56 Å². The third-order valence-electron chi connectivity index (χ3n) is 2.34. The van der Waals surface area contributed by atoms with Crippen molar-refractivity contribution in [2.75, 3.05) is 0 Å². The van der Waals surface area contributed by atoms with Crippen LogP contribution in [0.15, 0.2) is 46.9 Å². The number of benzene rings is 2. The van der Waals surface area contributed by atoms with Gasteiger partial charge in [0.15, 0.2) is 6.29 Å². The third-order valence-corrected chi connectivity index (χ3v) is 3.03. The van der Waals surface area contributed by atoms with Gasteiger partial charge < -0.3 is 5.11 Å². The van der Waals surface area contributed by atoms with Gasteiger partial charge in [-0.05, 0) is 29.3 Å². The highest BCUT2D eigenvalue weighted by Crippen LogP contribution is 2.30. The summed E-state index contributed by atoms with van der Waals surface area (Å²) in [6.45, 7) is 0. The zero-order valence-corrected chi connectivity index (χ0v) is 9.94. The molecule has 0 aromatic heterocycles. The molecule has 2 aromatic rings. The van der Waals surface area contributed by atoms with E-state index in [0.717, 1.165) is 15.6 Å². The van der Waals surface area contributed by atoms with Gasteiger partial charge in [-0.3, -0.25) is 4.79 Å². The number of hydrogen-bond acceptors (Lipinski definition) is 2. The highest BCUT2D eigenvalue weighted by Gasteiger charge is 2.05. The Hall–Kier alpha value is -1.61. The van der Waals surface area contributed by atoms with Crippen LogP contribution in [0.1, 0.15) is 10.4 Å². The van der Waals surface area contributed by atoms with E-state index < -0.39 is 0 Å². The summed E-state index contributed by atoms with van der Waals surface area (Å²) in [5, 5.41) is 9.41. The quantitative estimate of drug-likeness (QED) is 0.851. The summed E-state index contributed by atoms with van der Waals surface area (Å²) < 4.78 is 0.956. The van der Waals surface area contributed by atoms with E-state index in [1.807, 2.05) is 24.3 Å². The maximum atomic E-state index is 10.7. The second-order valence-corrected chi connectivity index (χ2v) is 4.23. The fourth-order valence-electron chi connectivity index (χ4n) is 1.51. The van der Waals surface area contributed by atoms with Crippen molar-refractivity contribution in [3.8, 4) is 16.9 Å². The number of aldehydes is 1. The molecule has 2 rings (SSSR count). The molecule has 0 aliphatic carbocycles. The third kappa shape index (κ3) is 1.99. The number of rotatable bonds is 2. The van der Waals surface area contributed by atoms with Crippen LogP contribution in [0, 0.1) is 0 Å². The van der Waals surface area contributed by atoms with E-state index in [9.17, 15) is 9.90 Å². The van der Waals surface area contributed by atoms with Crippen LogP contribution in [0.2, 0.25) is 0 Å². The van der Waals surface area contributed by atoms with Crippen molar-refractivity contribution in [2.24, 2.45) is 0 Å². The molecule has 0 aliphatic heterocycles. The van der Waals surface area contributed by atoms with Gasteiger partial charge >= 0.3 is 0 Å². The number of hydrogen-bond donors (Lipinski definition) is 1. The van der Waals surface area contributed by atoms with Crippen molar-refractivity contribution in [3.63, 3.8) is 0 Å². The number of carbonyl (C=O) groups is 1. The number of aromatic hydroxyl groups is 1. The maximum Gasteiger partial charge on any atom is 0.153 e. The van der Waals surface area contributed by atoms with Crippen LogP contribution in [-0.4, -0.2) is 11.4 Å². The molecule has 0 aliphatic rings. The first-order valence-corrected chi connectivity index (χ1v) is 5.55. The Morgan fingerprint density at radius 1 is 1.12 bits per heavy atom. The Kier molecular flexibility index (Phi) is 3.06. The Morgan fingerprint density at radius 3 is 2.56 bits per heavy atom. The van der Waals surface area contributed by atoms with Crippen molar-refractivity contribution in [2.45, 2.75) is 0 Å². The van der Waals surface area contributed by atoms with Gasteiger partial charge in [0.1, 0.15) is 5.75 Å². The molecule has 0 radical (unpaired) electrons. The maximum absolute atomic E-state index is 10.7. The van der Waals surface area contributed by atoms with Crippen LogP contribution in [-0.2, 0) is 0 Å². The van der Waals surface area contributed by atoms with Crippen molar-refractivity contribution < 1.29 is 9.90 Å². The molecule has 0 saturated carbocycles. The van der Waals surface area contributed by atoms with Crippen LogP contribution < -0.4 is 0 Å². The number of carbonyl (C=O) groups excluding carboxylic acids is 1. The molecule has 2 aromatic carbocycles. The van der Waals surface area contributed by atoms with E-state index in [1.54, 1.807) is 12.1 Å². The van der Waals surface area contributed by atoms with Gasteiger partial charge in [-0.15, -0.1) is 0 Å². The highest BCUT2D eigenvalue weighted by molar-refractivity contribution is 9.10. The van der Waals surface area contributed by atoms with Gasteiger partial charge in [-0.1, -0.05) is 40.2 Å². The molecule has 0 amide bonds. The Labute approximate surface area is 102 Å². The topological polar surface area (TPSA) is 37.3 Å². The molecular formula is C13H9BrO2. The Bertz CT molecular complexity index is 535. The van der Waals surface area contributed by atoms with Crippen LogP contribution in [0.3, 0.4) is 0 Å². The lowest BCUT2D eigenvalue weighted by Gasteiger charge is -2.06. The van der Waals surface area contributed by atoms with Gasteiger partial charge in [0, 0.05) is 4.47 Å². The van der Waals surface area contributed by atoms with Crippen LogP contribution in [0.25, 0.3) is 11.1 Å². The smallest absolute Gasteiger partial charge is 0.153 e. The second-order valence-electron chi connectivity index (χ2n) is 3.37. The highest BCUT2D eigenvalue weighted by atomic mass is 79.9. The molecule has 80 valence electrons. The van der Waals surface area contributed by atoms with Crippen LogP contribution in [0.5, 0.6) is 5.75 Å². The van der Waals surface area contributed by atoms with Crippen molar-refractivity contribution >= 4 is 22.2 Å². The standard InChI is InChI=1S/C13H9BrO2/c14-12-4-2-1-3-11(12)9-5-6-13(16)10(7-9)8-15/h1-8,16H. The van der Waals surface area contributed by atoms with E-state index in [1.165, 1.54) is 6.07 Å². The number of phenolic OH excluding ortho intramolecular Hbond substituents is 1. The zero-order valence-electron chi connectivity index (χ0n) is 8.35. The lowest BCUT2D eigenvalue weighted by molar-refractivity contribution is 0.112. The van der Waals surface area contributed by atoms with E-state index in [2.05, 4.69) is 15.9 Å². The summed E-state index contributed by atoms with van der Waals surface area (Å²) in [5.41, 5.74) is 2.19. The lowest BCUT2D eigenvalue weighted by Crippen LogP contribution is -1.85. The minimum absolute atomic E-state index is 0.00537. The minimum Gasteiger partial charge on any atom is -0.507 e. The molecule has 0 unspecified atom stereocenters. The normalized spacial score (nSPS) is 10.1. The zero-order chi connectivity index (χ0) is 11.5. The van der Waals surface area contributed by atoms with E-state index in [-0.39, 0.29) is 5.75 Å². The summed E-state index contributed by atoms with van der Waals surface area (Å²) >= 11 is 3.45. The molecule has 1 N–H and O–H groups in total. The average Bonchev–Trinajstić information content (AvgIpc) is 2.31. The van der Waals surface area contributed by atoms with E-state index in [0.29, 0.717) is 11.8 Å². The first-order chi connectivity index (χ1) is 7.72. The van der Waals surface area contributed by atoms with Crippen molar-refractivity contribution in [1.29, 1.82) is 0 Å². The molecule has 0 bridgehead atoms. The van der Waals surface area contributed by atoms with Crippen LogP contribution >= 0.6 is 15.9 Å². The van der Waals surface area contributed by atoms with Gasteiger partial charge in [-0.25, -0.2) is 0 Å². The van der Waals surface area contributed by atoms with E-state index >= 15 is 0 Å². The lowest BCUT2D eigenvalue weighted by atomic mass is 10.0. The largest absolute Gasteiger partial charge is 0.507 e. The van der Waals surface area contributed by atoms with Gasteiger partial charge in [0.25, 0.3) is 0 Å². The second kappa shape index (κ2) is 4.49. The molecule has 0 fully saturated rings. The van der Waals surface area contributed by atoms with Crippen LogP contribution in [0.4, 0.5) is 0 Å². The summed E-state index contributed by atoms with van der Waals surface area (Å²) in [6.07, 6.45) is 0.648. The summed E-state index contributed by atoms with van der Waals surface area (Å²) in [5.74, 6) is 0.00537. The molecule has 0 heterocycles. The molecule has 16 heavy (non-hydrogen) atoms. The molecule has 2 nitrogen and oxygen atoms in total. The summed E-state index contributed by atoms with van der Waals surface area (Å²) in [4.78, 5) is 10.7. The SMILES string of the molecule is O=Cc1cc(-c2ccccc2Br)ccc1O.